The van der Waals surface area contributed by atoms with Crippen molar-refractivity contribution in [2.24, 2.45) is 5.92 Å². The molecule has 1 heterocycles. The molecule has 21 heavy (non-hydrogen) atoms. The van der Waals surface area contributed by atoms with Crippen molar-refractivity contribution in [1.29, 1.82) is 0 Å². The summed E-state index contributed by atoms with van der Waals surface area (Å²) in [5.41, 5.74) is 1.13. The highest BCUT2D eigenvalue weighted by Gasteiger charge is 2.27. The fourth-order valence-corrected chi connectivity index (χ4v) is 3.04. The average molecular weight is 309 g/mol. The number of pyridine rings is 1. The maximum atomic E-state index is 6.20. The van der Waals surface area contributed by atoms with Crippen LogP contribution in [0, 0.1) is 5.92 Å². The molecule has 4 heteroatoms. The first-order chi connectivity index (χ1) is 9.70. The number of rotatable bonds is 8. The third-order valence-corrected chi connectivity index (χ3v) is 4.65. The van der Waals surface area contributed by atoms with Gasteiger partial charge in [0.05, 0.1) is 5.69 Å². The van der Waals surface area contributed by atoms with Crippen LogP contribution in [0.4, 0.5) is 0 Å². The van der Waals surface area contributed by atoms with E-state index >= 15 is 0 Å². The van der Waals surface area contributed by atoms with Gasteiger partial charge in [-0.05, 0) is 51.5 Å². The molecule has 0 saturated heterocycles. The van der Waals surface area contributed by atoms with Crippen molar-refractivity contribution in [3.8, 4) is 0 Å². The van der Waals surface area contributed by atoms with Crippen LogP contribution in [0.3, 0.4) is 0 Å². The van der Waals surface area contributed by atoms with Gasteiger partial charge in [0.2, 0.25) is 0 Å². The van der Waals surface area contributed by atoms with Gasteiger partial charge in [0.1, 0.15) is 0 Å². The van der Waals surface area contributed by atoms with E-state index in [9.17, 15) is 0 Å². The molecule has 0 aliphatic rings. The lowest BCUT2D eigenvalue weighted by Gasteiger charge is -2.38. The second kappa shape index (κ2) is 8.06. The molecule has 0 amide bonds. The van der Waals surface area contributed by atoms with E-state index in [0.29, 0.717) is 18.0 Å². The van der Waals surface area contributed by atoms with E-state index in [1.807, 2.05) is 12.3 Å². The molecule has 3 nitrogen and oxygen atoms in total. The number of aromatic nitrogens is 1. The van der Waals surface area contributed by atoms with Crippen LogP contribution in [0.5, 0.6) is 0 Å². The smallest absolute Gasteiger partial charge is 0.183 e. The Hall–Kier alpha value is -0.713. The summed E-state index contributed by atoms with van der Waals surface area (Å²) in [6, 6.07) is 7.04. The summed E-state index contributed by atoms with van der Waals surface area (Å²) in [5, 5.41) is 0. The fourth-order valence-electron chi connectivity index (χ4n) is 2.37. The van der Waals surface area contributed by atoms with Crippen molar-refractivity contribution in [2.45, 2.75) is 66.0 Å². The van der Waals surface area contributed by atoms with E-state index in [2.05, 4.69) is 69.4 Å². The van der Waals surface area contributed by atoms with Gasteiger partial charge in [0, 0.05) is 31.4 Å². The minimum absolute atomic E-state index is 0.429. The van der Waals surface area contributed by atoms with Gasteiger partial charge in [0.25, 0.3) is 0 Å². The van der Waals surface area contributed by atoms with E-state index in [-0.39, 0.29) is 0 Å². The molecular formula is C17H32N2OSi. The van der Waals surface area contributed by atoms with Gasteiger partial charge in [-0.2, -0.15) is 0 Å². The molecule has 0 spiro atoms. The van der Waals surface area contributed by atoms with Crippen LogP contribution in [-0.2, 0) is 11.0 Å². The predicted molar refractivity (Wildman–Crippen MR) is 92.8 cm³/mol. The van der Waals surface area contributed by atoms with Gasteiger partial charge in [-0.3, -0.25) is 9.88 Å². The van der Waals surface area contributed by atoms with E-state index in [0.717, 1.165) is 18.8 Å². The zero-order chi connectivity index (χ0) is 16.0. The van der Waals surface area contributed by atoms with Crippen molar-refractivity contribution < 1.29 is 4.43 Å². The normalized spacial score (nSPS) is 14.2. The van der Waals surface area contributed by atoms with Crippen molar-refractivity contribution in [1.82, 2.24) is 9.88 Å². The average Bonchev–Trinajstić information content (AvgIpc) is 2.37. The quantitative estimate of drug-likeness (QED) is 0.674. The van der Waals surface area contributed by atoms with E-state index in [1.54, 1.807) is 0 Å². The Kier molecular flexibility index (Phi) is 7.04. The zero-order valence-corrected chi connectivity index (χ0v) is 15.8. The Morgan fingerprint density at radius 1 is 1.14 bits per heavy atom. The summed E-state index contributed by atoms with van der Waals surface area (Å²) in [5.74, 6) is 0.562. The SMILES string of the molecule is CC(C)[C@@H](CO[Si](C)(C)C)N(Cc1ccccn1)C(C)C. The van der Waals surface area contributed by atoms with Gasteiger partial charge < -0.3 is 4.43 Å². The van der Waals surface area contributed by atoms with Crippen molar-refractivity contribution in [2.75, 3.05) is 6.61 Å². The molecule has 1 aromatic heterocycles. The maximum Gasteiger partial charge on any atom is 0.183 e. The summed E-state index contributed by atoms with van der Waals surface area (Å²) in [4.78, 5) is 7.00. The molecule has 0 radical (unpaired) electrons. The summed E-state index contributed by atoms with van der Waals surface area (Å²) in [6.07, 6.45) is 1.87. The molecule has 0 bridgehead atoms. The molecule has 1 rings (SSSR count). The minimum atomic E-state index is -1.48. The third-order valence-electron chi connectivity index (χ3n) is 3.62. The summed E-state index contributed by atoms with van der Waals surface area (Å²) in [7, 11) is -1.48. The molecule has 0 aliphatic carbocycles. The lowest BCUT2D eigenvalue weighted by atomic mass is 10.0. The van der Waals surface area contributed by atoms with Gasteiger partial charge in [-0.15, -0.1) is 0 Å². The molecule has 1 atom stereocenters. The first-order valence-electron chi connectivity index (χ1n) is 8.00. The maximum absolute atomic E-state index is 6.20. The molecule has 0 unspecified atom stereocenters. The van der Waals surface area contributed by atoms with Crippen LogP contribution in [0.1, 0.15) is 33.4 Å². The molecule has 120 valence electrons. The van der Waals surface area contributed by atoms with Crippen LogP contribution < -0.4 is 0 Å². The van der Waals surface area contributed by atoms with Gasteiger partial charge in [-0.1, -0.05) is 19.9 Å². The number of nitrogens with zero attached hydrogens (tertiary/aromatic N) is 2. The van der Waals surface area contributed by atoms with Gasteiger partial charge in [-0.25, -0.2) is 0 Å². The van der Waals surface area contributed by atoms with Gasteiger partial charge >= 0.3 is 0 Å². The fraction of sp³-hybridized carbons (Fsp3) is 0.706. The molecule has 0 aromatic carbocycles. The van der Waals surface area contributed by atoms with Crippen LogP contribution in [-0.4, -0.2) is 36.9 Å². The van der Waals surface area contributed by atoms with Crippen molar-refractivity contribution >= 4 is 8.32 Å². The monoisotopic (exact) mass is 308 g/mol. The molecule has 0 N–H and O–H groups in total. The second-order valence-electron chi connectivity index (χ2n) is 7.32. The lowest BCUT2D eigenvalue weighted by molar-refractivity contribution is 0.0648. The Morgan fingerprint density at radius 3 is 2.24 bits per heavy atom. The molecule has 0 aliphatic heterocycles. The Morgan fingerprint density at radius 2 is 1.81 bits per heavy atom. The van der Waals surface area contributed by atoms with Crippen LogP contribution in [0.2, 0.25) is 19.6 Å². The van der Waals surface area contributed by atoms with E-state index in [4.69, 9.17) is 4.43 Å². The minimum Gasteiger partial charge on any atom is -0.416 e. The summed E-state index contributed by atoms with van der Waals surface area (Å²) >= 11 is 0. The molecule has 0 saturated carbocycles. The highest BCUT2D eigenvalue weighted by molar-refractivity contribution is 6.69. The van der Waals surface area contributed by atoms with Gasteiger partial charge in [0.15, 0.2) is 8.32 Å². The molecule has 0 fully saturated rings. The van der Waals surface area contributed by atoms with Crippen molar-refractivity contribution in [3.63, 3.8) is 0 Å². The number of hydrogen-bond acceptors (Lipinski definition) is 3. The predicted octanol–water partition coefficient (Wildman–Crippen LogP) is 4.17. The molecular weight excluding hydrogens is 276 g/mol. The van der Waals surface area contributed by atoms with E-state index < -0.39 is 8.32 Å². The van der Waals surface area contributed by atoms with Crippen molar-refractivity contribution in [3.05, 3.63) is 30.1 Å². The first kappa shape index (κ1) is 18.3. The Labute approximate surface area is 131 Å². The first-order valence-corrected chi connectivity index (χ1v) is 11.4. The lowest BCUT2D eigenvalue weighted by Crippen LogP contribution is -2.47. The van der Waals surface area contributed by atoms with E-state index in [1.165, 1.54) is 0 Å². The van der Waals surface area contributed by atoms with Crippen LogP contribution >= 0.6 is 0 Å². The third kappa shape index (κ3) is 6.72. The Bertz CT molecular complexity index is 401. The topological polar surface area (TPSA) is 25.4 Å². The van der Waals surface area contributed by atoms with Crippen LogP contribution in [0.25, 0.3) is 0 Å². The second-order valence-corrected chi connectivity index (χ2v) is 11.8. The van der Waals surface area contributed by atoms with Crippen LogP contribution in [0.15, 0.2) is 24.4 Å². The number of hydrogen-bond donors (Lipinski definition) is 0. The standard InChI is InChI=1S/C17H32N2OSi/c1-14(2)17(13-20-21(5,6)7)19(15(3)4)12-16-10-8-9-11-18-16/h8-11,14-15,17H,12-13H2,1-7H3/t17-/m1/s1. The summed E-state index contributed by atoms with van der Waals surface area (Å²) < 4.78 is 6.20. The highest BCUT2D eigenvalue weighted by Crippen LogP contribution is 2.19. The Balaban J connectivity index is 2.83. The molecule has 1 aromatic rings. The summed E-state index contributed by atoms with van der Waals surface area (Å²) in [6.45, 7) is 17.5. The zero-order valence-electron chi connectivity index (χ0n) is 14.8. The largest absolute Gasteiger partial charge is 0.416 e. The highest BCUT2D eigenvalue weighted by atomic mass is 28.4.